The van der Waals surface area contributed by atoms with E-state index in [1.54, 1.807) is 38.7 Å². The van der Waals surface area contributed by atoms with Gasteiger partial charge in [0.15, 0.2) is 22.6 Å². The Balaban J connectivity index is 1.48. The second-order valence-corrected chi connectivity index (χ2v) is 11.8. The maximum atomic E-state index is 15.3. The quantitative estimate of drug-likeness (QED) is 0.252. The van der Waals surface area contributed by atoms with Gasteiger partial charge in [0, 0.05) is 47.6 Å². The lowest BCUT2D eigenvalue weighted by molar-refractivity contribution is 0.178. The number of thioether (sulfide) groups is 1. The van der Waals surface area contributed by atoms with E-state index in [2.05, 4.69) is 31.8 Å². The number of aliphatic imine (C=N–C) groups is 1. The van der Waals surface area contributed by atoms with Crippen LogP contribution in [0, 0.1) is 11.6 Å². The van der Waals surface area contributed by atoms with E-state index in [0.717, 1.165) is 16.5 Å². The summed E-state index contributed by atoms with van der Waals surface area (Å²) in [5, 5.41) is 6.81. The Hall–Kier alpha value is -3.61. The van der Waals surface area contributed by atoms with E-state index in [1.165, 1.54) is 29.2 Å². The summed E-state index contributed by atoms with van der Waals surface area (Å²) in [6.07, 6.45) is 4.90. The maximum absolute atomic E-state index is 15.3. The van der Waals surface area contributed by atoms with Gasteiger partial charge in [-0.1, -0.05) is 18.3 Å². The van der Waals surface area contributed by atoms with Crippen molar-refractivity contribution in [3.63, 3.8) is 0 Å². The lowest BCUT2D eigenvalue weighted by Gasteiger charge is -2.43. The number of benzene rings is 1. The van der Waals surface area contributed by atoms with Crippen molar-refractivity contribution in [1.82, 2.24) is 15.0 Å². The normalized spacial score (nSPS) is 21.2. The second-order valence-electron chi connectivity index (χ2n) is 9.33. The van der Waals surface area contributed by atoms with Crippen molar-refractivity contribution in [2.75, 3.05) is 19.0 Å². The minimum atomic E-state index is -1.33. The predicted octanol–water partition coefficient (Wildman–Crippen LogP) is 5.93. The fourth-order valence-corrected chi connectivity index (χ4v) is 6.28. The maximum Gasteiger partial charge on any atom is 0.164 e. The number of pyridine rings is 2. The number of methoxy groups -OCH3 is 1. The van der Waals surface area contributed by atoms with Crippen LogP contribution in [0.2, 0.25) is 0 Å². The number of ether oxygens (including phenoxy) is 2. The molecule has 0 bridgehead atoms. The van der Waals surface area contributed by atoms with Crippen LogP contribution >= 0.6 is 23.1 Å². The average molecular weight is 569 g/mol. The molecule has 12 heteroatoms. The number of nitrogens with one attached hydrogen (secondary N) is 1. The fourth-order valence-electron chi connectivity index (χ4n) is 4.56. The number of nitrogens with zero attached hydrogens (tertiary/aromatic N) is 4. The van der Waals surface area contributed by atoms with Gasteiger partial charge in [-0.3, -0.25) is 0 Å². The SMILES string of the molecule is C=C1[C@@](C)(COC)SC(N)=N[C@]1(C)c1cc(Nc2nccc3cc(OCc4nccs4)cnc23)cc(F)c1F. The first-order valence-corrected chi connectivity index (χ1v) is 13.6. The molecule has 0 saturated carbocycles. The van der Waals surface area contributed by atoms with Gasteiger partial charge in [-0.15, -0.1) is 11.3 Å². The third-order valence-electron chi connectivity index (χ3n) is 6.54. The summed E-state index contributed by atoms with van der Waals surface area (Å²) < 4.78 is 40.8. The summed E-state index contributed by atoms with van der Waals surface area (Å²) in [5.41, 5.74) is 6.14. The van der Waals surface area contributed by atoms with Crippen molar-refractivity contribution in [2.24, 2.45) is 10.7 Å². The van der Waals surface area contributed by atoms with E-state index in [4.69, 9.17) is 15.2 Å². The number of hydrogen-bond donors (Lipinski definition) is 2. The van der Waals surface area contributed by atoms with Gasteiger partial charge in [0.1, 0.15) is 28.4 Å². The van der Waals surface area contributed by atoms with Crippen molar-refractivity contribution in [1.29, 1.82) is 0 Å². The van der Waals surface area contributed by atoms with Crippen molar-refractivity contribution < 1.29 is 18.3 Å². The largest absolute Gasteiger partial charge is 0.485 e. The molecule has 1 aliphatic heterocycles. The van der Waals surface area contributed by atoms with Gasteiger partial charge in [-0.2, -0.15) is 0 Å². The van der Waals surface area contributed by atoms with Crippen LogP contribution in [0.5, 0.6) is 5.75 Å². The van der Waals surface area contributed by atoms with Gasteiger partial charge < -0.3 is 20.5 Å². The first-order chi connectivity index (χ1) is 18.6. The Labute approximate surface area is 232 Å². The summed E-state index contributed by atoms with van der Waals surface area (Å²) in [5.74, 6) is -1.14. The molecular weight excluding hydrogens is 542 g/mol. The Morgan fingerprint density at radius 2 is 1.95 bits per heavy atom. The molecule has 1 aromatic carbocycles. The molecule has 0 amide bonds. The smallest absolute Gasteiger partial charge is 0.164 e. The highest BCUT2D eigenvalue weighted by Gasteiger charge is 2.47. The van der Waals surface area contributed by atoms with Crippen LogP contribution in [-0.4, -0.2) is 38.6 Å². The standard InChI is InChI=1S/C27H26F2N6O2S2/c1-15-26(2,14-36-4)39-25(30)35-27(15,3)19-10-17(11-20(28)22(19)29)34-24-23-16(5-6-32-24)9-18(12-33-23)37-13-21-31-7-8-38-21/h5-12H,1,13-14H2,2-4H3,(H2,30,35)(H,32,34)/t26-,27+/m1/s1. The van der Waals surface area contributed by atoms with Crippen molar-refractivity contribution in [3.8, 4) is 5.75 Å². The molecule has 4 heterocycles. The number of aromatic nitrogens is 3. The van der Waals surface area contributed by atoms with E-state index >= 15 is 4.39 Å². The number of nitrogens with two attached hydrogens (primary N) is 1. The van der Waals surface area contributed by atoms with Gasteiger partial charge in [0.05, 0.1) is 17.6 Å². The average Bonchev–Trinajstić information content (AvgIpc) is 3.42. The molecule has 0 unspecified atom stereocenters. The lowest BCUT2D eigenvalue weighted by Crippen LogP contribution is -2.45. The topological polar surface area (TPSA) is 108 Å². The van der Waals surface area contributed by atoms with Crippen molar-refractivity contribution in [3.05, 3.63) is 82.6 Å². The Kier molecular flexibility index (Phi) is 7.27. The minimum absolute atomic E-state index is 0.00773. The van der Waals surface area contributed by atoms with Crippen molar-refractivity contribution in [2.45, 2.75) is 30.7 Å². The third-order valence-corrected chi connectivity index (χ3v) is 8.41. The Morgan fingerprint density at radius 1 is 1.13 bits per heavy atom. The number of thiazole rings is 1. The summed E-state index contributed by atoms with van der Waals surface area (Å²) in [4.78, 5) is 17.6. The monoisotopic (exact) mass is 568 g/mol. The van der Waals surface area contributed by atoms with Gasteiger partial charge in [0.25, 0.3) is 0 Å². The van der Waals surface area contributed by atoms with Crippen LogP contribution < -0.4 is 15.8 Å². The predicted molar refractivity (Wildman–Crippen MR) is 152 cm³/mol. The zero-order chi connectivity index (χ0) is 27.8. The molecule has 0 fully saturated rings. The molecule has 3 N–H and O–H groups in total. The number of amidine groups is 1. The number of hydrogen-bond acceptors (Lipinski definition) is 10. The van der Waals surface area contributed by atoms with E-state index in [9.17, 15) is 4.39 Å². The molecule has 202 valence electrons. The van der Waals surface area contributed by atoms with Crippen LogP contribution in [0.25, 0.3) is 10.9 Å². The molecule has 2 atom stereocenters. The van der Waals surface area contributed by atoms with E-state index in [1.807, 2.05) is 18.4 Å². The van der Waals surface area contributed by atoms with Gasteiger partial charge in [-0.25, -0.2) is 28.7 Å². The highest BCUT2D eigenvalue weighted by Crippen LogP contribution is 2.50. The second kappa shape index (κ2) is 10.5. The zero-order valence-corrected chi connectivity index (χ0v) is 23.1. The van der Waals surface area contributed by atoms with Crippen LogP contribution in [-0.2, 0) is 16.9 Å². The molecule has 0 aliphatic carbocycles. The Bertz CT molecular complexity index is 1580. The molecule has 39 heavy (non-hydrogen) atoms. The van der Waals surface area contributed by atoms with E-state index in [-0.39, 0.29) is 23.0 Å². The summed E-state index contributed by atoms with van der Waals surface area (Å²) in [6, 6.07) is 6.18. The van der Waals surface area contributed by atoms with E-state index in [0.29, 0.717) is 29.3 Å². The molecule has 3 aromatic heterocycles. The molecule has 0 radical (unpaired) electrons. The van der Waals surface area contributed by atoms with E-state index < -0.39 is 21.9 Å². The van der Waals surface area contributed by atoms with Gasteiger partial charge >= 0.3 is 0 Å². The molecule has 1 aliphatic rings. The molecule has 0 saturated heterocycles. The van der Waals surface area contributed by atoms with Gasteiger partial charge in [0.2, 0.25) is 0 Å². The van der Waals surface area contributed by atoms with Crippen molar-refractivity contribution >= 4 is 50.7 Å². The molecule has 5 rings (SSSR count). The van der Waals surface area contributed by atoms with Crippen LogP contribution in [0.15, 0.2) is 65.4 Å². The summed E-state index contributed by atoms with van der Waals surface area (Å²) in [6.45, 7) is 8.36. The number of anilines is 2. The lowest BCUT2D eigenvalue weighted by atomic mass is 9.78. The molecular formula is C27H26F2N6O2S2. The number of fused-ring (bicyclic) bond motifs is 1. The minimum Gasteiger partial charge on any atom is -0.485 e. The highest BCUT2D eigenvalue weighted by atomic mass is 32.2. The van der Waals surface area contributed by atoms with Crippen LogP contribution in [0.4, 0.5) is 20.3 Å². The van der Waals surface area contributed by atoms with Crippen LogP contribution in [0.3, 0.4) is 0 Å². The first-order valence-electron chi connectivity index (χ1n) is 11.9. The molecule has 8 nitrogen and oxygen atoms in total. The first kappa shape index (κ1) is 27.0. The summed E-state index contributed by atoms with van der Waals surface area (Å²) in [7, 11) is 1.56. The fraction of sp³-hybridized carbons (Fsp3) is 0.259. The number of rotatable bonds is 8. The van der Waals surface area contributed by atoms with Crippen LogP contribution in [0.1, 0.15) is 24.4 Å². The third kappa shape index (κ3) is 5.19. The van der Waals surface area contributed by atoms with Gasteiger partial charge in [-0.05, 0) is 37.6 Å². The highest BCUT2D eigenvalue weighted by molar-refractivity contribution is 8.15. The Morgan fingerprint density at radius 3 is 2.69 bits per heavy atom. The zero-order valence-electron chi connectivity index (χ0n) is 21.5. The number of halogens is 2. The molecule has 0 spiro atoms. The molecule has 4 aromatic rings. The summed E-state index contributed by atoms with van der Waals surface area (Å²) >= 11 is 2.78.